The normalized spacial score (nSPS) is 14.0. The van der Waals surface area contributed by atoms with Crippen LogP contribution in [0.3, 0.4) is 0 Å². The Labute approximate surface area is 225 Å². The molecular formula is C23H19ClF5N7O2S. The third-order valence-electron chi connectivity index (χ3n) is 6.39. The average Bonchev–Trinajstić information content (AvgIpc) is 3.42. The summed E-state index contributed by atoms with van der Waals surface area (Å²) < 4.78 is 70.5. The van der Waals surface area contributed by atoms with Crippen molar-refractivity contribution in [2.24, 2.45) is 12.8 Å². The molecule has 0 bridgehead atoms. The van der Waals surface area contributed by atoms with Gasteiger partial charge in [-0.1, -0.05) is 11.6 Å². The van der Waals surface area contributed by atoms with Gasteiger partial charge in [-0.05, 0) is 31.4 Å². The monoisotopic (exact) mass is 587 g/mol. The van der Waals surface area contributed by atoms with E-state index in [-0.39, 0.29) is 37.3 Å². The van der Waals surface area contributed by atoms with Gasteiger partial charge in [-0.3, -0.25) is 19.0 Å². The lowest BCUT2D eigenvalue weighted by atomic mass is 10.0. The number of primary amides is 1. The molecule has 4 heterocycles. The molecule has 3 N–H and O–H groups in total. The van der Waals surface area contributed by atoms with Gasteiger partial charge in [0.05, 0.1) is 22.6 Å². The lowest BCUT2D eigenvalue weighted by Crippen LogP contribution is -2.22. The minimum Gasteiger partial charge on any atom is -0.365 e. The minimum absolute atomic E-state index is 0.0257. The highest BCUT2D eigenvalue weighted by Gasteiger charge is 2.37. The number of rotatable bonds is 7. The second-order valence-corrected chi connectivity index (χ2v) is 10.4. The lowest BCUT2D eigenvalue weighted by Gasteiger charge is -2.13. The molecule has 0 radical (unpaired) electrons. The molecule has 0 saturated heterocycles. The number of hydrogen-bond donors (Lipinski definition) is 2. The molecule has 1 fully saturated rings. The summed E-state index contributed by atoms with van der Waals surface area (Å²) in [6, 6.07) is 0.812. The van der Waals surface area contributed by atoms with E-state index in [1.807, 2.05) is 0 Å². The Balaban J connectivity index is 1.63. The Bertz CT molecular complexity index is 1640. The topological polar surface area (TPSA) is 121 Å². The van der Waals surface area contributed by atoms with Crippen LogP contribution in [0.25, 0.3) is 21.3 Å². The zero-order valence-corrected chi connectivity index (χ0v) is 21.8. The molecule has 206 valence electrons. The zero-order chi connectivity index (χ0) is 28.4. The van der Waals surface area contributed by atoms with E-state index in [1.165, 1.54) is 10.9 Å². The highest BCUT2D eigenvalue weighted by atomic mass is 35.5. The van der Waals surface area contributed by atoms with Gasteiger partial charge in [0, 0.05) is 29.6 Å². The highest BCUT2D eigenvalue weighted by Crippen LogP contribution is 2.46. The summed E-state index contributed by atoms with van der Waals surface area (Å²) in [5.74, 6) is -1.91. The number of nitrogens with one attached hydrogen (secondary N) is 1. The quantitative estimate of drug-likeness (QED) is 0.280. The standard InChI is InChI=1S/C23H19ClF5N7O2S/c1-8-11(6-31-35(8)2)10-5-12(23(27,28)29)32-22-14(10)16(19(39-22)21(30)38)33-13(37)7-36-18(9-3-4-9)15(24)17(34-36)20(25)26/h5-6,9,20H,3-4,7H2,1-2H3,(H2,30,38)(H,33,37). The molecule has 0 atom stereocenters. The van der Waals surface area contributed by atoms with E-state index in [1.54, 1.807) is 14.0 Å². The molecule has 1 saturated carbocycles. The summed E-state index contributed by atoms with van der Waals surface area (Å²) in [4.78, 5) is 28.7. The third-order valence-corrected chi connectivity index (χ3v) is 7.87. The molecule has 0 unspecified atom stereocenters. The van der Waals surface area contributed by atoms with Crippen LogP contribution < -0.4 is 11.1 Å². The number of anilines is 1. The Hall–Kier alpha value is -3.59. The number of nitrogens with zero attached hydrogens (tertiary/aromatic N) is 5. The maximum atomic E-state index is 13.7. The van der Waals surface area contributed by atoms with E-state index in [0.29, 0.717) is 41.1 Å². The summed E-state index contributed by atoms with van der Waals surface area (Å²) in [6.07, 6.45) is -5.02. The van der Waals surface area contributed by atoms with Gasteiger partial charge in [-0.15, -0.1) is 11.3 Å². The number of aryl methyl sites for hydroxylation is 1. The van der Waals surface area contributed by atoms with E-state index in [0.717, 1.165) is 10.7 Å². The van der Waals surface area contributed by atoms with Crippen molar-refractivity contribution in [1.29, 1.82) is 0 Å². The highest BCUT2D eigenvalue weighted by molar-refractivity contribution is 7.21. The largest absolute Gasteiger partial charge is 0.433 e. The van der Waals surface area contributed by atoms with E-state index < -0.39 is 42.3 Å². The molecule has 4 aromatic rings. The van der Waals surface area contributed by atoms with Crippen LogP contribution in [0, 0.1) is 6.92 Å². The molecule has 1 aliphatic rings. The number of carbonyl (C=O) groups excluding carboxylic acids is 2. The number of carbonyl (C=O) groups is 2. The van der Waals surface area contributed by atoms with Crippen LogP contribution >= 0.6 is 22.9 Å². The Kier molecular flexibility index (Phi) is 6.61. The van der Waals surface area contributed by atoms with Gasteiger partial charge in [-0.2, -0.15) is 23.4 Å². The molecule has 9 nitrogen and oxygen atoms in total. The van der Waals surface area contributed by atoms with Gasteiger partial charge in [-0.25, -0.2) is 13.8 Å². The zero-order valence-electron chi connectivity index (χ0n) is 20.2. The first-order valence-corrected chi connectivity index (χ1v) is 12.6. The molecule has 5 rings (SSSR count). The van der Waals surface area contributed by atoms with Crippen LogP contribution in [-0.4, -0.2) is 36.4 Å². The fourth-order valence-electron chi connectivity index (χ4n) is 4.31. The number of amides is 2. The maximum Gasteiger partial charge on any atom is 0.433 e. The van der Waals surface area contributed by atoms with Crippen molar-refractivity contribution < 1.29 is 31.5 Å². The van der Waals surface area contributed by atoms with Crippen molar-refractivity contribution in [3.63, 3.8) is 0 Å². The fourth-order valence-corrected chi connectivity index (χ4v) is 5.69. The fraction of sp³-hybridized carbons (Fsp3) is 0.348. The smallest absolute Gasteiger partial charge is 0.365 e. The Morgan fingerprint density at radius 1 is 1.28 bits per heavy atom. The number of thiophene rings is 1. The predicted octanol–water partition coefficient (Wildman–Crippen LogP) is 5.43. The summed E-state index contributed by atoms with van der Waals surface area (Å²) in [5, 5.41) is 10.3. The van der Waals surface area contributed by atoms with Gasteiger partial charge in [0.15, 0.2) is 0 Å². The molecule has 16 heteroatoms. The van der Waals surface area contributed by atoms with Crippen LogP contribution in [0.1, 0.15) is 57.6 Å². The van der Waals surface area contributed by atoms with Gasteiger partial charge in [0.25, 0.3) is 12.3 Å². The SMILES string of the molecule is Cc1c(-c2cc(C(F)(F)F)nc3sc(C(N)=O)c(NC(=O)Cn4nc(C(F)F)c(Cl)c4C4CC4)c23)cnn1C. The van der Waals surface area contributed by atoms with Crippen molar-refractivity contribution >= 4 is 50.7 Å². The van der Waals surface area contributed by atoms with Crippen LogP contribution in [0.15, 0.2) is 12.3 Å². The van der Waals surface area contributed by atoms with Crippen LogP contribution in [0.2, 0.25) is 5.02 Å². The first-order valence-electron chi connectivity index (χ1n) is 11.5. The number of pyridine rings is 1. The van der Waals surface area contributed by atoms with Crippen LogP contribution in [-0.2, 0) is 24.6 Å². The van der Waals surface area contributed by atoms with E-state index in [4.69, 9.17) is 17.3 Å². The van der Waals surface area contributed by atoms with Crippen molar-refractivity contribution in [1.82, 2.24) is 24.5 Å². The van der Waals surface area contributed by atoms with Crippen LogP contribution in [0.4, 0.5) is 27.6 Å². The summed E-state index contributed by atoms with van der Waals surface area (Å²) in [5.41, 5.74) is 4.67. The number of fused-ring (bicyclic) bond motifs is 1. The summed E-state index contributed by atoms with van der Waals surface area (Å²) >= 11 is 6.72. The van der Waals surface area contributed by atoms with Crippen molar-refractivity contribution in [3.05, 3.63) is 44.9 Å². The Morgan fingerprint density at radius 2 is 1.97 bits per heavy atom. The third kappa shape index (κ3) is 4.84. The molecule has 0 aliphatic heterocycles. The van der Waals surface area contributed by atoms with E-state index >= 15 is 0 Å². The molecular weight excluding hydrogens is 569 g/mol. The summed E-state index contributed by atoms with van der Waals surface area (Å²) in [7, 11) is 1.60. The van der Waals surface area contributed by atoms with Gasteiger partial charge in [0.1, 0.15) is 27.6 Å². The lowest BCUT2D eigenvalue weighted by molar-refractivity contribution is -0.140. The van der Waals surface area contributed by atoms with Gasteiger partial charge in [0.2, 0.25) is 5.91 Å². The molecule has 2 amide bonds. The van der Waals surface area contributed by atoms with Gasteiger partial charge >= 0.3 is 6.18 Å². The van der Waals surface area contributed by atoms with Gasteiger partial charge < -0.3 is 11.1 Å². The maximum absolute atomic E-state index is 13.7. The molecule has 39 heavy (non-hydrogen) atoms. The number of aromatic nitrogens is 5. The van der Waals surface area contributed by atoms with E-state index in [9.17, 15) is 31.5 Å². The van der Waals surface area contributed by atoms with E-state index in [2.05, 4.69) is 20.5 Å². The van der Waals surface area contributed by atoms with Crippen molar-refractivity contribution in [2.75, 3.05) is 5.32 Å². The second kappa shape index (κ2) is 9.55. The first-order chi connectivity index (χ1) is 18.3. The average molecular weight is 588 g/mol. The second-order valence-electron chi connectivity index (χ2n) is 9.04. The van der Waals surface area contributed by atoms with Crippen molar-refractivity contribution in [3.8, 4) is 11.1 Å². The Morgan fingerprint density at radius 3 is 2.51 bits per heavy atom. The number of alkyl halides is 5. The number of halogens is 6. The minimum atomic E-state index is -4.81. The molecule has 0 aromatic carbocycles. The molecule has 1 aliphatic carbocycles. The van der Waals surface area contributed by atoms with Crippen LogP contribution in [0.5, 0.6) is 0 Å². The first kappa shape index (κ1) is 27.0. The van der Waals surface area contributed by atoms with Crippen molar-refractivity contribution in [2.45, 2.75) is 44.8 Å². The predicted molar refractivity (Wildman–Crippen MR) is 133 cm³/mol. The molecule has 4 aromatic heterocycles. The number of hydrogen-bond acceptors (Lipinski definition) is 6. The summed E-state index contributed by atoms with van der Waals surface area (Å²) in [6.45, 7) is 1.10. The number of nitrogens with two attached hydrogens (primary N) is 1. The molecule has 0 spiro atoms.